The Labute approximate surface area is 132 Å². The van der Waals surface area contributed by atoms with E-state index >= 15 is 0 Å². The van der Waals surface area contributed by atoms with Gasteiger partial charge in [-0.25, -0.2) is 0 Å². The van der Waals surface area contributed by atoms with E-state index in [1.165, 1.54) is 25.7 Å². The molecule has 0 radical (unpaired) electrons. The van der Waals surface area contributed by atoms with Crippen LogP contribution in [0.4, 0.5) is 0 Å². The Hall–Kier alpha value is -1.06. The highest BCUT2D eigenvalue weighted by Crippen LogP contribution is 2.34. The van der Waals surface area contributed by atoms with E-state index in [2.05, 4.69) is 23.6 Å². The molecule has 1 heterocycles. The molecular weight excluding hydrogens is 282 g/mol. The molecule has 4 heteroatoms. The Balaban J connectivity index is 1.73. The standard InChI is InChI=1S/C17H24ClN3/c1-13-5-4-8-17(11-13)16(19-9-10-21-17)20-12-14-6-2-3-7-15(14)18/h2-3,6-7,13,21H,4-5,8-12H2,1H3,(H,19,20)/t13-,17-/m1/s1. The van der Waals surface area contributed by atoms with E-state index in [-0.39, 0.29) is 5.54 Å². The summed E-state index contributed by atoms with van der Waals surface area (Å²) in [6, 6.07) is 8.01. The predicted octanol–water partition coefficient (Wildman–Crippen LogP) is 3.38. The highest BCUT2D eigenvalue weighted by atomic mass is 35.5. The van der Waals surface area contributed by atoms with Crippen LogP contribution in [0.15, 0.2) is 29.3 Å². The van der Waals surface area contributed by atoms with Gasteiger partial charge in [-0.2, -0.15) is 0 Å². The van der Waals surface area contributed by atoms with Crippen LogP contribution in [0.5, 0.6) is 0 Å². The summed E-state index contributed by atoms with van der Waals surface area (Å²) in [5, 5.41) is 8.12. The fourth-order valence-corrected chi connectivity index (χ4v) is 3.87. The van der Waals surface area contributed by atoms with Gasteiger partial charge in [0.2, 0.25) is 0 Å². The molecule has 0 saturated heterocycles. The van der Waals surface area contributed by atoms with E-state index in [0.29, 0.717) is 0 Å². The first-order chi connectivity index (χ1) is 10.2. The van der Waals surface area contributed by atoms with Gasteiger partial charge in [-0.3, -0.25) is 4.99 Å². The summed E-state index contributed by atoms with van der Waals surface area (Å²) in [4.78, 5) is 4.79. The molecule has 2 N–H and O–H groups in total. The number of benzene rings is 1. The maximum atomic E-state index is 6.25. The summed E-state index contributed by atoms with van der Waals surface area (Å²) in [7, 11) is 0. The fraction of sp³-hybridized carbons (Fsp3) is 0.588. The summed E-state index contributed by atoms with van der Waals surface area (Å²) >= 11 is 6.25. The number of nitrogens with zero attached hydrogens (tertiary/aromatic N) is 1. The predicted molar refractivity (Wildman–Crippen MR) is 89.0 cm³/mol. The van der Waals surface area contributed by atoms with Gasteiger partial charge in [0.1, 0.15) is 5.84 Å². The van der Waals surface area contributed by atoms with E-state index in [4.69, 9.17) is 16.6 Å². The molecule has 0 amide bonds. The van der Waals surface area contributed by atoms with E-state index in [0.717, 1.165) is 42.0 Å². The molecule has 3 rings (SSSR count). The van der Waals surface area contributed by atoms with Crippen molar-refractivity contribution in [3.63, 3.8) is 0 Å². The summed E-state index contributed by atoms with van der Waals surface area (Å²) < 4.78 is 0. The quantitative estimate of drug-likeness (QED) is 0.879. The Bertz CT molecular complexity index is 529. The zero-order valence-corrected chi connectivity index (χ0v) is 13.4. The summed E-state index contributed by atoms with van der Waals surface area (Å²) in [5.74, 6) is 1.90. The van der Waals surface area contributed by atoms with Crippen LogP contribution in [0.1, 0.15) is 38.2 Å². The maximum absolute atomic E-state index is 6.25. The van der Waals surface area contributed by atoms with E-state index < -0.39 is 0 Å². The highest BCUT2D eigenvalue weighted by Gasteiger charge is 2.40. The average Bonchev–Trinajstić information content (AvgIpc) is 2.48. The van der Waals surface area contributed by atoms with Gasteiger partial charge in [0, 0.05) is 18.1 Å². The van der Waals surface area contributed by atoms with Gasteiger partial charge in [0.05, 0.1) is 12.1 Å². The second-order valence-corrected chi connectivity index (χ2v) is 6.79. The zero-order chi connectivity index (χ0) is 14.7. The van der Waals surface area contributed by atoms with Crippen molar-refractivity contribution in [2.24, 2.45) is 10.9 Å². The van der Waals surface area contributed by atoms with Gasteiger partial charge in [-0.1, -0.05) is 49.6 Å². The molecule has 114 valence electrons. The van der Waals surface area contributed by atoms with Crippen molar-refractivity contribution in [2.75, 3.05) is 13.1 Å². The molecule has 1 spiro atoms. The largest absolute Gasteiger partial charge is 0.368 e. The van der Waals surface area contributed by atoms with Crippen molar-refractivity contribution in [1.29, 1.82) is 0 Å². The molecule has 1 aromatic rings. The van der Waals surface area contributed by atoms with Crippen molar-refractivity contribution < 1.29 is 0 Å². The van der Waals surface area contributed by atoms with Gasteiger partial charge in [-0.15, -0.1) is 0 Å². The van der Waals surface area contributed by atoms with Gasteiger partial charge in [-0.05, 0) is 30.4 Å². The summed E-state index contributed by atoms with van der Waals surface area (Å²) in [6.07, 6.45) is 4.98. The minimum absolute atomic E-state index is 0.0666. The van der Waals surface area contributed by atoms with Gasteiger partial charge in [0.15, 0.2) is 0 Å². The lowest BCUT2D eigenvalue weighted by atomic mass is 9.75. The third-order valence-corrected chi connectivity index (χ3v) is 5.07. The Morgan fingerprint density at radius 2 is 2.29 bits per heavy atom. The molecule has 1 fully saturated rings. The van der Waals surface area contributed by atoms with Gasteiger partial charge < -0.3 is 10.6 Å². The topological polar surface area (TPSA) is 36.4 Å². The number of hydrogen-bond acceptors (Lipinski definition) is 3. The third kappa shape index (κ3) is 3.24. The molecule has 0 aromatic heterocycles. The van der Waals surface area contributed by atoms with Crippen LogP contribution in [0, 0.1) is 5.92 Å². The second kappa shape index (κ2) is 6.37. The third-order valence-electron chi connectivity index (χ3n) is 4.70. The fourth-order valence-electron chi connectivity index (χ4n) is 3.67. The number of aliphatic imine (C=N–C) groups is 1. The molecule has 1 saturated carbocycles. The van der Waals surface area contributed by atoms with Gasteiger partial charge >= 0.3 is 0 Å². The molecule has 0 unspecified atom stereocenters. The highest BCUT2D eigenvalue weighted by molar-refractivity contribution is 6.31. The first-order valence-corrected chi connectivity index (χ1v) is 8.35. The molecule has 1 aromatic carbocycles. The lowest BCUT2D eigenvalue weighted by molar-refractivity contribution is 0.243. The monoisotopic (exact) mass is 305 g/mol. The number of nitrogens with one attached hydrogen (secondary N) is 2. The molecule has 0 bridgehead atoms. The van der Waals surface area contributed by atoms with Crippen molar-refractivity contribution >= 4 is 17.4 Å². The van der Waals surface area contributed by atoms with Crippen LogP contribution in [0.3, 0.4) is 0 Å². The van der Waals surface area contributed by atoms with E-state index in [9.17, 15) is 0 Å². The lowest BCUT2D eigenvalue weighted by Crippen LogP contribution is -2.61. The van der Waals surface area contributed by atoms with Crippen molar-refractivity contribution in [3.05, 3.63) is 34.9 Å². The molecule has 21 heavy (non-hydrogen) atoms. The van der Waals surface area contributed by atoms with Crippen molar-refractivity contribution in [1.82, 2.24) is 10.6 Å². The molecule has 1 aliphatic carbocycles. The number of halogens is 1. The Morgan fingerprint density at radius 3 is 3.10 bits per heavy atom. The molecular formula is C17H24ClN3. The first kappa shape index (κ1) is 14.9. The van der Waals surface area contributed by atoms with E-state index in [1.807, 2.05) is 18.2 Å². The summed E-state index contributed by atoms with van der Waals surface area (Å²) in [6.45, 7) is 4.95. The Morgan fingerprint density at radius 1 is 1.43 bits per heavy atom. The minimum atomic E-state index is 0.0666. The smallest absolute Gasteiger partial charge is 0.117 e. The lowest BCUT2D eigenvalue weighted by Gasteiger charge is -2.44. The average molecular weight is 306 g/mol. The second-order valence-electron chi connectivity index (χ2n) is 6.39. The van der Waals surface area contributed by atoms with Crippen molar-refractivity contribution in [3.8, 4) is 0 Å². The number of hydrogen-bond donors (Lipinski definition) is 2. The molecule has 2 aliphatic rings. The molecule has 1 aliphatic heterocycles. The maximum Gasteiger partial charge on any atom is 0.117 e. The van der Waals surface area contributed by atoms with Crippen LogP contribution in [0.25, 0.3) is 0 Å². The minimum Gasteiger partial charge on any atom is -0.368 e. The molecule has 3 nitrogen and oxygen atoms in total. The number of rotatable bonds is 2. The molecule has 2 atom stereocenters. The number of amidine groups is 1. The van der Waals surface area contributed by atoms with Crippen molar-refractivity contribution in [2.45, 2.75) is 44.7 Å². The van der Waals surface area contributed by atoms with Crippen LogP contribution in [-0.2, 0) is 6.54 Å². The van der Waals surface area contributed by atoms with Crippen LogP contribution in [0.2, 0.25) is 5.02 Å². The normalized spacial score (nSPS) is 29.2. The SMILES string of the molecule is C[C@@H]1CCC[C@]2(C1)NCCN=C2NCc1ccccc1Cl. The van der Waals surface area contributed by atoms with Crippen LogP contribution < -0.4 is 10.6 Å². The van der Waals surface area contributed by atoms with Crippen LogP contribution in [-0.4, -0.2) is 24.5 Å². The van der Waals surface area contributed by atoms with Crippen LogP contribution >= 0.6 is 11.6 Å². The van der Waals surface area contributed by atoms with E-state index in [1.54, 1.807) is 0 Å². The Kier molecular flexibility index (Phi) is 4.51. The van der Waals surface area contributed by atoms with Gasteiger partial charge in [0.25, 0.3) is 0 Å². The first-order valence-electron chi connectivity index (χ1n) is 7.97. The zero-order valence-electron chi connectivity index (χ0n) is 12.7. The summed E-state index contributed by atoms with van der Waals surface area (Å²) in [5.41, 5.74) is 1.20.